The molecule has 5 nitrogen and oxygen atoms in total. The molecular formula is C15H10BrClN4OS. The largest absolute Gasteiger partial charge is 0.349 e. The van der Waals surface area contributed by atoms with E-state index in [0.717, 1.165) is 25.9 Å². The molecule has 0 unspecified atom stereocenters. The summed E-state index contributed by atoms with van der Waals surface area (Å²) in [5.41, 5.74) is 5.39. The molecular weight excluding hydrogens is 400 g/mol. The van der Waals surface area contributed by atoms with Crippen molar-refractivity contribution in [2.24, 2.45) is 0 Å². The first-order valence-electron chi connectivity index (χ1n) is 6.80. The molecule has 0 saturated heterocycles. The Kier molecular flexibility index (Phi) is 3.71. The Balaban J connectivity index is 1.71. The van der Waals surface area contributed by atoms with Crippen LogP contribution in [0.1, 0.15) is 17.1 Å². The number of H-pyrrole nitrogens is 1. The summed E-state index contributed by atoms with van der Waals surface area (Å²) in [7, 11) is 0. The van der Waals surface area contributed by atoms with Crippen LogP contribution in [-0.2, 0) is 6.42 Å². The van der Waals surface area contributed by atoms with Gasteiger partial charge in [-0.15, -0.1) is 11.3 Å². The number of fused-ring (bicyclic) bond motifs is 1. The van der Waals surface area contributed by atoms with E-state index in [9.17, 15) is 0 Å². The van der Waals surface area contributed by atoms with Gasteiger partial charge in [-0.1, -0.05) is 28.4 Å². The lowest BCUT2D eigenvalue weighted by Gasteiger charge is -1.92. The Morgan fingerprint density at radius 1 is 1.39 bits per heavy atom. The molecule has 0 fully saturated rings. The van der Waals surface area contributed by atoms with Crippen molar-refractivity contribution in [3.05, 3.63) is 49.6 Å². The second-order valence-corrected chi connectivity index (χ2v) is 7.68. The molecule has 3 aromatic heterocycles. The Bertz CT molecular complexity index is 1010. The quantitative estimate of drug-likeness (QED) is 0.517. The zero-order valence-electron chi connectivity index (χ0n) is 11.9. The minimum Gasteiger partial charge on any atom is -0.349 e. The molecule has 0 bridgehead atoms. The Morgan fingerprint density at radius 3 is 3.04 bits per heavy atom. The topological polar surface area (TPSA) is 67.6 Å². The van der Waals surface area contributed by atoms with Crippen LogP contribution in [0.3, 0.4) is 0 Å². The first-order valence-corrected chi connectivity index (χ1v) is 8.85. The van der Waals surface area contributed by atoms with Crippen molar-refractivity contribution in [1.29, 1.82) is 0 Å². The minimum absolute atomic E-state index is 0.380. The third-order valence-electron chi connectivity index (χ3n) is 3.49. The van der Waals surface area contributed by atoms with E-state index >= 15 is 0 Å². The molecule has 1 aromatic carbocycles. The van der Waals surface area contributed by atoms with Crippen LogP contribution in [0.25, 0.3) is 22.5 Å². The number of thiazole rings is 1. The lowest BCUT2D eigenvalue weighted by Crippen LogP contribution is -1.91. The van der Waals surface area contributed by atoms with Gasteiger partial charge in [0.2, 0.25) is 0 Å². The van der Waals surface area contributed by atoms with E-state index in [1.807, 2.05) is 25.1 Å². The summed E-state index contributed by atoms with van der Waals surface area (Å²) in [5, 5.41) is 5.56. The second kappa shape index (κ2) is 5.74. The first kappa shape index (κ1) is 14.9. The maximum atomic E-state index is 6.46. The third-order valence-corrected chi connectivity index (χ3v) is 5.55. The molecule has 3 heterocycles. The van der Waals surface area contributed by atoms with Crippen molar-refractivity contribution in [1.82, 2.24) is 20.1 Å². The summed E-state index contributed by atoms with van der Waals surface area (Å²) >= 11 is 11.4. The van der Waals surface area contributed by atoms with E-state index < -0.39 is 0 Å². The van der Waals surface area contributed by atoms with Gasteiger partial charge < -0.3 is 9.51 Å². The molecule has 4 rings (SSSR count). The van der Waals surface area contributed by atoms with Crippen molar-refractivity contribution in [2.75, 3.05) is 0 Å². The molecule has 0 atom stereocenters. The number of aryl methyl sites for hydroxylation is 1. The van der Waals surface area contributed by atoms with Crippen LogP contribution in [0.5, 0.6) is 0 Å². The maximum absolute atomic E-state index is 6.46. The summed E-state index contributed by atoms with van der Waals surface area (Å²) in [6, 6.07) is 6.04. The van der Waals surface area contributed by atoms with Crippen molar-refractivity contribution >= 4 is 49.8 Å². The van der Waals surface area contributed by atoms with Crippen LogP contribution < -0.4 is 0 Å². The van der Waals surface area contributed by atoms with E-state index in [2.05, 4.69) is 36.0 Å². The van der Waals surface area contributed by atoms with Crippen LogP contribution in [0, 0.1) is 6.92 Å². The molecule has 0 amide bonds. The number of hydrogen-bond acceptors (Lipinski definition) is 5. The van der Waals surface area contributed by atoms with E-state index in [-0.39, 0.29) is 0 Å². The van der Waals surface area contributed by atoms with Gasteiger partial charge in [-0.3, -0.25) is 0 Å². The van der Waals surface area contributed by atoms with E-state index in [0.29, 0.717) is 28.9 Å². The lowest BCUT2D eigenvalue weighted by atomic mass is 10.2. The Labute approximate surface area is 148 Å². The molecule has 1 N–H and O–H groups in total. The van der Waals surface area contributed by atoms with Crippen molar-refractivity contribution < 1.29 is 4.52 Å². The number of nitrogens with zero attached hydrogens (tertiary/aromatic N) is 3. The summed E-state index contributed by atoms with van der Waals surface area (Å²) < 4.78 is 6.34. The summed E-state index contributed by atoms with van der Waals surface area (Å²) in [5.74, 6) is 0.947. The molecule has 116 valence electrons. The fourth-order valence-electron chi connectivity index (χ4n) is 2.37. The zero-order valence-corrected chi connectivity index (χ0v) is 15.1. The number of aromatic amines is 1. The summed E-state index contributed by atoms with van der Waals surface area (Å²) in [4.78, 5) is 11.9. The van der Waals surface area contributed by atoms with Gasteiger partial charge in [-0.2, -0.15) is 4.98 Å². The average Bonchev–Trinajstić information content (AvgIpc) is 3.22. The predicted octanol–water partition coefficient (Wildman–Crippen LogP) is 4.99. The molecule has 8 heteroatoms. The third kappa shape index (κ3) is 2.69. The second-order valence-electron chi connectivity index (χ2n) is 5.13. The molecule has 4 aromatic rings. The van der Waals surface area contributed by atoms with Gasteiger partial charge in [-0.25, -0.2) is 4.98 Å². The van der Waals surface area contributed by atoms with Gasteiger partial charge in [-0.05, 0) is 35.0 Å². The highest BCUT2D eigenvalue weighted by Crippen LogP contribution is 2.34. The molecule has 0 aliphatic carbocycles. The fourth-order valence-corrected chi connectivity index (χ4v) is 3.68. The van der Waals surface area contributed by atoms with Crippen LogP contribution >= 0.6 is 38.9 Å². The first-order chi connectivity index (χ1) is 11.1. The van der Waals surface area contributed by atoms with E-state index in [4.69, 9.17) is 16.1 Å². The van der Waals surface area contributed by atoms with Gasteiger partial charge >= 0.3 is 0 Å². The van der Waals surface area contributed by atoms with Gasteiger partial charge in [0.15, 0.2) is 5.82 Å². The lowest BCUT2D eigenvalue weighted by molar-refractivity contribution is 0.423. The average molecular weight is 410 g/mol. The van der Waals surface area contributed by atoms with Crippen LogP contribution in [0.2, 0.25) is 5.02 Å². The van der Waals surface area contributed by atoms with Crippen LogP contribution in [-0.4, -0.2) is 20.1 Å². The SMILES string of the molecule is Cc1ccc2[nH]c(-c3nc(Cc4ncsc4Br)no3)c(Cl)c2c1. The van der Waals surface area contributed by atoms with Crippen molar-refractivity contribution in [3.63, 3.8) is 0 Å². The zero-order chi connectivity index (χ0) is 16.0. The number of rotatable bonds is 3. The Hall–Kier alpha value is -1.70. The Morgan fingerprint density at radius 2 is 2.26 bits per heavy atom. The van der Waals surface area contributed by atoms with Gasteiger partial charge in [0.25, 0.3) is 5.89 Å². The molecule has 0 radical (unpaired) electrons. The molecule has 23 heavy (non-hydrogen) atoms. The minimum atomic E-state index is 0.380. The smallest absolute Gasteiger partial charge is 0.275 e. The van der Waals surface area contributed by atoms with Crippen LogP contribution in [0.4, 0.5) is 0 Å². The molecule has 0 aliphatic heterocycles. The number of nitrogens with one attached hydrogen (secondary N) is 1. The number of benzene rings is 1. The molecule has 0 saturated carbocycles. The highest BCUT2D eigenvalue weighted by atomic mass is 79.9. The standard InChI is InChI=1S/C15H10BrClN4OS/c1-7-2-3-9-8(4-7)12(17)13(19-9)15-20-11(21-22-15)5-10-14(16)23-6-18-10/h2-4,6,19H,5H2,1H3. The summed E-state index contributed by atoms with van der Waals surface area (Å²) in [6.07, 6.45) is 0.505. The monoisotopic (exact) mass is 408 g/mol. The summed E-state index contributed by atoms with van der Waals surface area (Å²) in [6.45, 7) is 2.03. The van der Waals surface area contributed by atoms with Gasteiger partial charge in [0.1, 0.15) is 5.69 Å². The van der Waals surface area contributed by atoms with Crippen molar-refractivity contribution in [3.8, 4) is 11.6 Å². The number of hydrogen-bond donors (Lipinski definition) is 1. The van der Waals surface area contributed by atoms with Gasteiger partial charge in [0.05, 0.1) is 26.4 Å². The molecule has 0 aliphatic rings. The molecule has 0 spiro atoms. The van der Waals surface area contributed by atoms with E-state index in [1.54, 1.807) is 5.51 Å². The van der Waals surface area contributed by atoms with E-state index in [1.165, 1.54) is 11.3 Å². The number of halogens is 2. The normalized spacial score (nSPS) is 11.4. The highest BCUT2D eigenvalue weighted by Gasteiger charge is 2.18. The maximum Gasteiger partial charge on any atom is 0.275 e. The predicted molar refractivity (Wildman–Crippen MR) is 94.0 cm³/mol. The van der Waals surface area contributed by atoms with Gasteiger partial charge in [0, 0.05) is 10.9 Å². The number of aromatic nitrogens is 4. The highest BCUT2D eigenvalue weighted by molar-refractivity contribution is 9.11. The fraction of sp³-hybridized carbons (Fsp3) is 0.133. The van der Waals surface area contributed by atoms with Crippen molar-refractivity contribution in [2.45, 2.75) is 13.3 Å². The van der Waals surface area contributed by atoms with Crippen LogP contribution in [0.15, 0.2) is 32.0 Å².